The molecule has 3 unspecified atom stereocenters. The summed E-state index contributed by atoms with van der Waals surface area (Å²) in [6.07, 6.45) is 8.50. The van der Waals surface area contributed by atoms with Crippen molar-refractivity contribution >= 4 is 0 Å². The summed E-state index contributed by atoms with van der Waals surface area (Å²) in [5, 5.41) is 7.73. The first-order valence-corrected chi connectivity index (χ1v) is 8.91. The van der Waals surface area contributed by atoms with Crippen molar-refractivity contribution in [2.24, 2.45) is 22.7 Å². The molecule has 116 valence electrons. The molecule has 0 amide bonds. The summed E-state index contributed by atoms with van der Waals surface area (Å²) >= 11 is 0. The van der Waals surface area contributed by atoms with E-state index in [-0.39, 0.29) is 0 Å². The van der Waals surface area contributed by atoms with E-state index in [9.17, 15) is 0 Å². The zero-order valence-corrected chi connectivity index (χ0v) is 14.0. The molecular weight excluding hydrogens is 244 g/mol. The average Bonchev–Trinajstić information content (AvgIpc) is 2.83. The number of hydrogen-bond acceptors (Lipinski definition) is 2. The lowest BCUT2D eigenvalue weighted by Crippen LogP contribution is -2.47. The van der Waals surface area contributed by atoms with Crippen molar-refractivity contribution in [3.05, 3.63) is 0 Å². The second-order valence-electron chi connectivity index (χ2n) is 8.66. The quantitative estimate of drug-likeness (QED) is 0.821. The fourth-order valence-corrected chi connectivity index (χ4v) is 5.08. The van der Waals surface area contributed by atoms with Crippen molar-refractivity contribution in [3.63, 3.8) is 0 Å². The Labute approximate surface area is 125 Å². The van der Waals surface area contributed by atoms with Gasteiger partial charge in [-0.25, -0.2) is 0 Å². The van der Waals surface area contributed by atoms with Gasteiger partial charge in [-0.05, 0) is 61.4 Å². The summed E-state index contributed by atoms with van der Waals surface area (Å²) in [5.74, 6) is 1.74. The van der Waals surface area contributed by atoms with Crippen LogP contribution >= 0.6 is 0 Å². The molecule has 2 N–H and O–H groups in total. The van der Waals surface area contributed by atoms with Gasteiger partial charge in [-0.1, -0.05) is 40.5 Å². The van der Waals surface area contributed by atoms with Gasteiger partial charge in [0, 0.05) is 12.1 Å². The first-order chi connectivity index (χ1) is 9.44. The molecule has 3 rings (SSSR count). The van der Waals surface area contributed by atoms with Crippen molar-refractivity contribution < 1.29 is 0 Å². The molecule has 0 aromatic rings. The van der Waals surface area contributed by atoms with E-state index in [0.29, 0.717) is 10.8 Å². The highest BCUT2D eigenvalue weighted by atomic mass is 15.0. The van der Waals surface area contributed by atoms with Crippen molar-refractivity contribution in [2.75, 3.05) is 13.1 Å². The maximum atomic E-state index is 3.98. The Hall–Kier alpha value is -0.0800. The number of nitrogens with one attached hydrogen (secondary N) is 2. The monoisotopic (exact) mass is 278 g/mol. The highest BCUT2D eigenvalue weighted by Crippen LogP contribution is 2.68. The molecule has 0 spiro atoms. The van der Waals surface area contributed by atoms with Gasteiger partial charge in [0.25, 0.3) is 0 Å². The lowest BCUT2D eigenvalue weighted by molar-refractivity contribution is 0.211. The maximum Gasteiger partial charge on any atom is 0.0111 e. The minimum Gasteiger partial charge on any atom is -0.314 e. The van der Waals surface area contributed by atoms with Crippen LogP contribution in [0.15, 0.2) is 0 Å². The van der Waals surface area contributed by atoms with Gasteiger partial charge < -0.3 is 10.6 Å². The summed E-state index contributed by atoms with van der Waals surface area (Å²) in [5.41, 5.74) is 1.05. The Bertz CT molecular complexity index is 327. The third-order valence-electron chi connectivity index (χ3n) is 7.34. The molecular formula is C18H34N2. The smallest absolute Gasteiger partial charge is 0.0111 e. The molecule has 2 aliphatic carbocycles. The molecule has 1 aliphatic heterocycles. The Morgan fingerprint density at radius 1 is 0.950 bits per heavy atom. The fraction of sp³-hybridized carbons (Fsp3) is 1.00. The molecule has 0 bridgehead atoms. The zero-order chi connectivity index (χ0) is 14.4. The SMILES string of the molecule is CC1(C)C(CNC2CCCCC2C2CCCN2)C1(C)C. The minimum absolute atomic E-state index is 0.524. The van der Waals surface area contributed by atoms with Crippen LogP contribution in [0, 0.1) is 22.7 Å². The van der Waals surface area contributed by atoms with Gasteiger partial charge in [0.2, 0.25) is 0 Å². The van der Waals surface area contributed by atoms with Gasteiger partial charge in [-0.15, -0.1) is 0 Å². The molecule has 0 aromatic carbocycles. The summed E-state index contributed by atoms with van der Waals surface area (Å²) in [6, 6.07) is 1.57. The molecule has 2 heteroatoms. The zero-order valence-electron chi connectivity index (χ0n) is 14.0. The molecule has 2 nitrogen and oxygen atoms in total. The summed E-state index contributed by atoms with van der Waals surface area (Å²) in [7, 11) is 0. The first kappa shape index (κ1) is 14.8. The van der Waals surface area contributed by atoms with Gasteiger partial charge in [0.15, 0.2) is 0 Å². The van der Waals surface area contributed by atoms with E-state index in [2.05, 4.69) is 38.3 Å². The molecule has 20 heavy (non-hydrogen) atoms. The number of rotatable bonds is 4. The van der Waals surface area contributed by atoms with Crippen molar-refractivity contribution in [1.82, 2.24) is 10.6 Å². The van der Waals surface area contributed by atoms with Gasteiger partial charge in [-0.3, -0.25) is 0 Å². The Kier molecular flexibility index (Phi) is 3.92. The van der Waals surface area contributed by atoms with Crippen LogP contribution in [0.25, 0.3) is 0 Å². The summed E-state index contributed by atoms with van der Waals surface area (Å²) < 4.78 is 0. The van der Waals surface area contributed by atoms with Crippen molar-refractivity contribution in [2.45, 2.75) is 78.3 Å². The van der Waals surface area contributed by atoms with E-state index < -0.39 is 0 Å². The standard InChI is InChI=1S/C18H34N2/c1-17(2)16(18(17,3)4)12-20-15-9-6-5-8-13(15)14-10-7-11-19-14/h13-16,19-20H,5-12H2,1-4H3. The Balaban J connectivity index is 1.55. The van der Waals surface area contributed by atoms with E-state index in [1.807, 2.05) is 0 Å². The second kappa shape index (κ2) is 5.28. The van der Waals surface area contributed by atoms with Crippen molar-refractivity contribution in [3.8, 4) is 0 Å². The van der Waals surface area contributed by atoms with Crippen LogP contribution in [0.1, 0.15) is 66.2 Å². The maximum absolute atomic E-state index is 3.98. The lowest BCUT2D eigenvalue weighted by atomic mass is 9.79. The molecule has 1 saturated heterocycles. The third-order valence-corrected chi connectivity index (χ3v) is 7.34. The van der Waals surface area contributed by atoms with Crippen LogP contribution in [0.2, 0.25) is 0 Å². The van der Waals surface area contributed by atoms with Crippen LogP contribution in [0.4, 0.5) is 0 Å². The highest BCUT2D eigenvalue weighted by molar-refractivity contribution is 5.13. The normalized spacial score (nSPS) is 39.9. The van der Waals surface area contributed by atoms with E-state index in [4.69, 9.17) is 0 Å². The van der Waals surface area contributed by atoms with E-state index in [1.54, 1.807) is 0 Å². The van der Waals surface area contributed by atoms with Crippen molar-refractivity contribution in [1.29, 1.82) is 0 Å². The third kappa shape index (κ3) is 2.43. The van der Waals surface area contributed by atoms with E-state index in [1.165, 1.54) is 51.6 Å². The van der Waals surface area contributed by atoms with Gasteiger partial charge in [0.05, 0.1) is 0 Å². The summed E-state index contributed by atoms with van der Waals surface area (Å²) in [4.78, 5) is 0. The van der Waals surface area contributed by atoms with Crippen LogP contribution in [0.5, 0.6) is 0 Å². The average molecular weight is 278 g/mol. The predicted molar refractivity (Wildman–Crippen MR) is 85.8 cm³/mol. The highest BCUT2D eigenvalue weighted by Gasteiger charge is 2.64. The molecule has 3 aliphatic rings. The molecule has 1 heterocycles. The first-order valence-electron chi connectivity index (χ1n) is 8.91. The van der Waals surface area contributed by atoms with Crippen LogP contribution < -0.4 is 10.6 Å². The molecule has 0 radical (unpaired) electrons. The summed E-state index contributed by atoms with van der Waals surface area (Å²) in [6.45, 7) is 12.2. The van der Waals surface area contributed by atoms with Crippen LogP contribution in [-0.4, -0.2) is 25.2 Å². The van der Waals surface area contributed by atoms with E-state index in [0.717, 1.165) is 23.9 Å². The van der Waals surface area contributed by atoms with Gasteiger partial charge in [-0.2, -0.15) is 0 Å². The Morgan fingerprint density at radius 2 is 1.65 bits per heavy atom. The molecule has 2 saturated carbocycles. The molecule has 3 atom stereocenters. The van der Waals surface area contributed by atoms with Crippen LogP contribution in [-0.2, 0) is 0 Å². The van der Waals surface area contributed by atoms with Gasteiger partial charge in [0.1, 0.15) is 0 Å². The van der Waals surface area contributed by atoms with Gasteiger partial charge >= 0.3 is 0 Å². The molecule has 0 aromatic heterocycles. The van der Waals surface area contributed by atoms with E-state index >= 15 is 0 Å². The second-order valence-corrected chi connectivity index (χ2v) is 8.66. The number of hydrogen-bond donors (Lipinski definition) is 2. The molecule has 3 fully saturated rings. The van der Waals surface area contributed by atoms with Crippen LogP contribution in [0.3, 0.4) is 0 Å². The minimum atomic E-state index is 0.524. The topological polar surface area (TPSA) is 24.1 Å². The predicted octanol–water partition coefficient (Wildman–Crippen LogP) is 3.57. The lowest BCUT2D eigenvalue weighted by Gasteiger charge is -2.36. The fourth-order valence-electron chi connectivity index (χ4n) is 5.08. The Morgan fingerprint density at radius 3 is 2.25 bits per heavy atom. The largest absolute Gasteiger partial charge is 0.314 e.